The summed E-state index contributed by atoms with van der Waals surface area (Å²) in [5.74, 6) is -1.19. The first-order valence-corrected chi connectivity index (χ1v) is 12.0. The molecule has 2 heterocycles. The van der Waals surface area contributed by atoms with Crippen LogP contribution in [0.1, 0.15) is 56.7 Å². The van der Waals surface area contributed by atoms with Gasteiger partial charge < -0.3 is 4.90 Å². The number of nitrogens with zero attached hydrogens (tertiary/aromatic N) is 2. The van der Waals surface area contributed by atoms with E-state index in [2.05, 4.69) is 44.0 Å². The lowest BCUT2D eigenvalue weighted by Gasteiger charge is -2.47. The van der Waals surface area contributed by atoms with E-state index in [0.29, 0.717) is 5.92 Å². The average molecular weight is 500 g/mol. The van der Waals surface area contributed by atoms with Gasteiger partial charge in [-0.3, -0.25) is 14.9 Å². The number of imide groups is 2. The molecule has 1 unspecified atom stereocenters. The third-order valence-electron chi connectivity index (χ3n) is 6.66. The van der Waals surface area contributed by atoms with Crippen LogP contribution >= 0.6 is 23.2 Å². The van der Waals surface area contributed by atoms with Crippen LogP contribution in [0.2, 0.25) is 10.0 Å². The number of amides is 4. The molecule has 1 fully saturated rings. The normalized spacial score (nSPS) is 21.1. The molecule has 4 rings (SSSR count). The highest BCUT2D eigenvalue weighted by Gasteiger charge is 2.39. The maximum atomic E-state index is 13.3. The fraction of sp³-hybridized carbons (Fsp3) is 0.346. The predicted molar refractivity (Wildman–Crippen MR) is 137 cm³/mol. The van der Waals surface area contributed by atoms with Crippen molar-refractivity contribution in [2.24, 2.45) is 0 Å². The lowest BCUT2D eigenvalue weighted by atomic mass is 9.79. The van der Waals surface area contributed by atoms with Gasteiger partial charge in [0.15, 0.2) is 0 Å². The molecule has 4 amide bonds. The Morgan fingerprint density at radius 1 is 1.15 bits per heavy atom. The first-order valence-electron chi connectivity index (χ1n) is 11.2. The van der Waals surface area contributed by atoms with Crippen molar-refractivity contribution in [3.05, 3.63) is 62.6 Å². The van der Waals surface area contributed by atoms with Gasteiger partial charge in [-0.1, -0.05) is 36.2 Å². The molecule has 0 aromatic heterocycles. The molecule has 0 bridgehead atoms. The van der Waals surface area contributed by atoms with Crippen molar-refractivity contribution < 1.29 is 14.4 Å². The number of urea groups is 1. The fourth-order valence-corrected chi connectivity index (χ4v) is 5.48. The van der Waals surface area contributed by atoms with Gasteiger partial charge in [0.25, 0.3) is 11.8 Å². The SMILES string of the molecule is CCN1c2cc(C)c(/C=C3/C(=O)NC(=O)N(c4cccc(Cl)c4Cl)C3=O)cc2C(C)CC1(C)C. The van der Waals surface area contributed by atoms with Gasteiger partial charge in [0.2, 0.25) is 0 Å². The number of nitrogens with one attached hydrogen (secondary N) is 1. The number of rotatable bonds is 3. The Bertz CT molecular complexity index is 1250. The third-order valence-corrected chi connectivity index (χ3v) is 7.47. The summed E-state index contributed by atoms with van der Waals surface area (Å²) in [4.78, 5) is 41.8. The number of hydrogen-bond donors (Lipinski definition) is 1. The first-order chi connectivity index (χ1) is 16.0. The summed E-state index contributed by atoms with van der Waals surface area (Å²) in [5, 5.41) is 2.50. The zero-order chi connectivity index (χ0) is 24.9. The highest BCUT2D eigenvalue weighted by molar-refractivity contribution is 6.46. The molecule has 8 heteroatoms. The molecular weight excluding hydrogens is 473 g/mol. The Morgan fingerprint density at radius 3 is 2.53 bits per heavy atom. The van der Waals surface area contributed by atoms with Crippen molar-refractivity contribution in [2.75, 3.05) is 16.3 Å². The van der Waals surface area contributed by atoms with Gasteiger partial charge >= 0.3 is 6.03 Å². The second-order valence-electron chi connectivity index (χ2n) is 9.46. The van der Waals surface area contributed by atoms with Crippen molar-refractivity contribution in [2.45, 2.75) is 52.5 Å². The van der Waals surface area contributed by atoms with Crippen molar-refractivity contribution in [3.63, 3.8) is 0 Å². The largest absolute Gasteiger partial charge is 0.366 e. The van der Waals surface area contributed by atoms with E-state index in [4.69, 9.17) is 23.2 Å². The summed E-state index contributed by atoms with van der Waals surface area (Å²) in [5.41, 5.74) is 4.04. The van der Waals surface area contributed by atoms with Crippen LogP contribution in [0.15, 0.2) is 35.9 Å². The minimum absolute atomic E-state index is 0.0316. The number of anilines is 2. The van der Waals surface area contributed by atoms with E-state index < -0.39 is 17.8 Å². The van der Waals surface area contributed by atoms with Gasteiger partial charge in [-0.25, -0.2) is 9.69 Å². The maximum Gasteiger partial charge on any atom is 0.336 e. The number of hydrogen-bond acceptors (Lipinski definition) is 4. The number of aryl methyl sites for hydroxylation is 1. The van der Waals surface area contributed by atoms with Gasteiger partial charge in [0.1, 0.15) is 5.57 Å². The van der Waals surface area contributed by atoms with Crippen molar-refractivity contribution in [3.8, 4) is 0 Å². The van der Waals surface area contributed by atoms with Crippen LogP contribution in [0, 0.1) is 6.92 Å². The standard InChI is InChI=1S/C26H27Cl2N3O3/c1-6-30-21-10-14(2)16(11-17(21)15(3)13-26(30,4)5)12-18-23(32)29-25(34)31(24(18)33)20-9-7-8-19(27)22(20)28/h7-12,15H,6,13H2,1-5H3,(H,29,32,34)/b18-12-. The van der Waals surface area contributed by atoms with Crippen molar-refractivity contribution in [1.82, 2.24) is 5.32 Å². The summed E-state index contributed by atoms with van der Waals surface area (Å²) in [6.07, 6.45) is 2.54. The minimum Gasteiger partial charge on any atom is -0.366 e. The molecule has 0 aliphatic carbocycles. The smallest absolute Gasteiger partial charge is 0.336 e. The molecule has 2 aromatic carbocycles. The van der Waals surface area contributed by atoms with E-state index in [0.717, 1.165) is 29.0 Å². The fourth-order valence-electron chi connectivity index (χ4n) is 5.10. The van der Waals surface area contributed by atoms with E-state index in [1.807, 2.05) is 13.0 Å². The molecule has 2 aromatic rings. The molecule has 0 saturated carbocycles. The topological polar surface area (TPSA) is 69.7 Å². The van der Waals surface area contributed by atoms with Crippen molar-refractivity contribution >= 4 is 58.5 Å². The molecular formula is C26H27Cl2N3O3. The number of carbonyl (C=O) groups excluding carboxylic acids is 3. The number of fused-ring (bicyclic) bond motifs is 1. The average Bonchev–Trinajstić information content (AvgIpc) is 2.74. The second kappa shape index (κ2) is 8.75. The molecule has 1 atom stereocenters. The Balaban J connectivity index is 1.80. The van der Waals surface area contributed by atoms with Gasteiger partial charge in [-0.2, -0.15) is 0 Å². The molecule has 0 spiro atoms. The van der Waals surface area contributed by atoms with Gasteiger partial charge in [-0.05, 0) is 87.1 Å². The lowest BCUT2D eigenvalue weighted by molar-refractivity contribution is -0.122. The minimum atomic E-state index is -0.868. The van der Waals surface area contributed by atoms with Crippen LogP contribution < -0.4 is 15.1 Å². The number of halogens is 2. The number of carbonyl (C=O) groups is 3. The zero-order valence-electron chi connectivity index (χ0n) is 19.8. The Kier molecular flexibility index (Phi) is 6.25. The first kappa shape index (κ1) is 24.3. The quantitative estimate of drug-likeness (QED) is 0.410. The Labute approximate surface area is 209 Å². The van der Waals surface area contributed by atoms with E-state index >= 15 is 0 Å². The number of benzene rings is 2. The van der Waals surface area contributed by atoms with Gasteiger partial charge in [-0.15, -0.1) is 0 Å². The summed E-state index contributed by atoms with van der Waals surface area (Å²) >= 11 is 12.3. The van der Waals surface area contributed by atoms with Gasteiger partial charge in [0.05, 0.1) is 15.7 Å². The summed E-state index contributed by atoms with van der Waals surface area (Å²) in [7, 11) is 0. The summed E-state index contributed by atoms with van der Waals surface area (Å²) in [6.45, 7) is 11.7. The van der Waals surface area contributed by atoms with Crippen LogP contribution in [0.25, 0.3) is 6.08 Å². The number of barbiturate groups is 1. The van der Waals surface area contributed by atoms with E-state index in [1.54, 1.807) is 18.2 Å². The third kappa shape index (κ3) is 3.99. The van der Waals surface area contributed by atoms with E-state index in [1.165, 1.54) is 17.3 Å². The molecule has 34 heavy (non-hydrogen) atoms. The Morgan fingerprint density at radius 2 is 1.85 bits per heavy atom. The molecule has 0 radical (unpaired) electrons. The molecule has 178 valence electrons. The second-order valence-corrected chi connectivity index (χ2v) is 10.2. The van der Waals surface area contributed by atoms with Gasteiger partial charge in [0, 0.05) is 17.8 Å². The summed E-state index contributed by atoms with van der Waals surface area (Å²) < 4.78 is 0. The van der Waals surface area contributed by atoms with Crippen LogP contribution in [-0.2, 0) is 9.59 Å². The van der Waals surface area contributed by atoms with Crippen LogP contribution in [0.5, 0.6) is 0 Å². The van der Waals surface area contributed by atoms with Crippen LogP contribution in [0.3, 0.4) is 0 Å². The van der Waals surface area contributed by atoms with Crippen LogP contribution in [-0.4, -0.2) is 29.9 Å². The predicted octanol–water partition coefficient (Wildman–Crippen LogP) is 6.08. The zero-order valence-corrected chi connectivity index (χ0v) is 21.3. The highest BCUT2D eigenvalue weighted by atomic mass is 35.5. The van der Waals surface area contributed by atoms with E-state index in [-0.39, 0.29) is 26.8 Å². The molecule has 6 nitrogen and oxygen atoms in total. The van der Waals surface area contributed by atoms with Crippen LogP contribution in [0.4, 0.5) is 16.2 Å². The maximum absolute atomic E-state index is 13.3. The molecule has 1 saturated heterocycles. The molecule has 2 aliphatic rings. The lowest BCUT2D eigenvalue weighted by Crippen LogP contribution is -2.54. The van der Waals surface area contributed by atoms with Crippen molar-refractivity contribution in [1.29, 1.82) is 0 Å². The Hall–Kier alpha value is -2.83. The highest BCUT2D eigenvalue weighted by Crippen LogP contribution is 2.44. The summed E-state index contributed by atoms with van der Waals surface area (Å²) in [6, 6.07) is 7.94. The van der Waals surface area contributed by atoms with E-state index in [9.17, 15) is 14.4 Å². The monoisotopic (exact) mass is 499 g/mol. The molecule has 2 aliphatic heterocycles. The molecule has 1 N–H and O–H groups in total.